The standard InChI is InChI=1S/C20H29N5O5/c1-2-17(27)23-13-19(29)25-15(11-14-7-4-3-5-8-14)20(30)24-12-18(28)22-10-6-9-16(21)26/h3-5,7-8,15H,2,6,9-13H2,1H3,(H2,21,26)(H,22,28)(H,23,27)(H,24,30)(H,25,29). The average molecular weight is 419 g/mol. The Morgan fingerprint density at radius 2 is 1.57 bits per heavy atom. The zero-order chi connectivity index (χ0) is 22.4. The quantitative estimate of drug-likeness (QED) is 0.252. The minimum Gasteiger partial charge on any atom is -0.370 e. The van der Waals surface area contributed by atoms with Crippen LogP contribution in [0.5, 0.6) is 0 Å². The van der Waals surface area contributed by atoms with Crippen molar-refractivity contribution in [2.24, 2.45) is 5.73 Å². The van der Waals surface area contributed by atoms with Crippen LogP contribution in [-0.2, 0) is 30.4 Å². The molecule has 6 N–H and O–H groups in total. The lowest BCUT2D eigenvalue weighted by Crippen LogP contribution is -2.52. The van der Waals surface area contributed by atoms with E-state index in [1.54, 1.807) is 6.92 Å². The van der Waals surface area contributed by atoms with E-state index < -0.39 is 29.7 Å². The van der Waals surface area contributed by atoms with Crippen molar-refractivity contribution < 1.29 is 24.0 Å². The predicted molar refractivity (Wildman–Crippen MR) is 110 cm³/mol. The average Bonchev–Trinajstić information content (AvgIpc) is 2.73. The van der Waals surface area contributed by atoms with E-state index in [4.69, 9.17) is 5.73 Å². The van der Waals surface area contributed by atoms with E-state index in [2.05, 4.69) is 21.3 Å². The number of nitrogens with two attached hydrogens (primary N) is 1. The summed E-state index contributed by atoms with van der Waals surface area (Å²) < 4.78 is 0. The number of benzene rings is 1. The van der Waals surface area contributed by atoms with Crippen molar-refractivity contribution in [1.82, 2.24) is 21.3 Å². The Balaban J connectivity index is 2.58. The van der Waals surface area contributed by atoms with Crippen LogP contribution in [0.1, 0.15) is 31.7 Å². The molecule has 0 aliphatic carbocycles. The molecule has 0 heterocycles. The Labute approximate surface area is 175 Å². The topological polar surface area (TPSA) is 159 Å². The first-order chi connectivity index (χ1) is 14.3. The van der Waals surface area contributed by atoms with Crippen molar-refractivity contribution in [3.8, 4) is 0 Å². The van der Waals surface area contributed by atoms with Gasteiger partial charge in [0.05, 0.1) is 13.1 Å². The van der Waals surface area contributed by atoms with Gasteiger partial charge in [-0.15, -0.1) is 0 Å². The Hall–Kier alpha value is -3.43. The van der Waals surface area contributed by atoms with Crippen LogP contribution in [0.2, 0.25) is 0 Å². The third-order valence-electron chi connectivity index (χ3n) is 4.05. The molecule has 1 unspecified atom stereocenters. The molecule has 0 spiro atoms. The lowest BCUT2D eigenvalue weighted by Gasteiger charge is -2.19. The van der Waals surface area contributed by atoms with Gasteiger partial charge in [-0.3, -0.25) is 24.0 Å². The van der Waals surface area contributed by atoms with Crippen molar-refractivity contribution in [2.45, 2.75) is 38.6 Å². The fourth-order valence-corrected chi connectivity index (χ4v) is 2.45. The monoisotopic (exact) mass is 419 g/mol. The first-order valence-electron chi connectivity index (χ1n) is 9.74. The molecule has 1 aromatic carbocycles. The van der Waals surface area contributed by atoms with Crippen molar-refractivity contribution in [3.05, 3.63) is 35.9 Å². The maximum absolute atomic E-state index is 12.5. The summed E-state index contributed by atoms with van der Waals surface area (Å²) in [6.45, 7) is 1.41. The molecule has 0 bridgehead atoms. The van der Waals surface area contributed by atoms with E-state index in [-0.39, 0.29) is 44.8 Å². The molecule has 0 radical (unpaired) electrons. The van der Waals surface area contributed by atoms with E-state index >= 15 is 0 Å². The Morgan fingerprint density at radius 3 is 2.20 bits per heavy atom. The molecule has 0 aliphatic heterocycles. The van der Waals surface area contributed by atoms with Gasteiger partial charge in [-0.2, -0.15) is 0 Å². The molecule has 0 aliphatic rings. The largest absolute Gasteiger partial charge is 0.370 e. The molecular weight excluding hydrogens is 390 g/mol. The predicted octanol–water partition coefficient (Wildman–Crippen LogP) is -1.26. The minimum absolute atomic E-state index is 0.159. The van der Waals surface area contributed by atoms with E-state index in [0.29, 0.717) is 6.42 Å². The zero-order valence-electron chi connectivity index (χ0n) is 17.0. The highest BCUT2D eigenvalue weighted by Gasteiger charge is 2.22. The Kier molecular flexibility index (Phi) is 11.2. The Morgan fingerprint density at radius 1 is 0.900 bits per heavy atom. The van der Waals surface area contributed by atoms with Crippen LogP contribution in [0.25, 0.3) is 0 Å². The summed E-state index contributed by atoms with van der Waals surface area (Å²) in [4.78, 5) is 58.5. The molecular formula is C20H29N5O5. The van der Waals surface area contributed by atoms with Gasteiger partial charge in [-0.25, -0.2) is 0 Å². The summed E-state index contributed by atoms with van der Waals surface area (Å²) in [6.07, 6.45) is 1.04. The van der Waals surface area contributed by atoms with Gasteiger partial charge in [0.15, 0.2) is 0 Å². The normalized spacial score (nSPS) is 11.1. The molecule has 10 nitrogen and oxygen atoms in total. The summed E-state index contributed by atoms with van der Waals surface area (Å²) in [7, 11) is 0. The van der Waals surface area contributed by atoms with Crippen molar-refractivity contribution >= 4 is 29.5 Å². The summed E-state index contributed by atoms with van der Waals surface area (Å²) >= 11 is 0. The fourth-order valence-electron chi connectivity index (χ4n) is 2.45. The fraction of sp³-hybridized carbons (Fsp3) is 0.450. The minimum atomic E-state index is -0.916. The number of rotatable bonds is 13. The lowest BCUT2D eigenvalue weighted by molar-refractivity contribution is -0.130. The van der Waals surface area contributed by atoms with Gasteiger partial charge in [0, 0.05) is 25.8 Å². The lowest BCUT2D eigenvalue weighted by atomic mass is 10.1. The third kappa shape index (κ3) is 10.8. The number of nitrogens with one attached hydrogen (secondary N) is 4. The van der Waals surface area contributed by atoms with Gasteiger partial charge < -0.3 is 27.0 Å². The Bertz CT molecular complexity index is 738. The number of amides is 5. The van der Waals surface area contributed by atoms with Crippen molar-refractivity contribution in [2.75, 3.05) is 19.6 Å². The van der Waals surface area contributed by atoms with Gasteiger partial charge in [0.1, 0.15) is 6.04 Å². The molecule has 1 aromatic rings. The zero-order valence-corrected chi connectivity index (χ0v) is 17.0. The molecule has 0 saturated carbocycles. The molecule has 0 aromatic heterocycles. The van der Waals surface area contributed by atoms with E-state index in [1.807, 2.05) is 30.3 Å². The van der Waals surface area contributed by atoms with Gasteiger partial charge in [0.2, 0.25) is 29.5 Å². The molecule has 5 amide bonds. The number of carbonyl (C=O) groups is 5. The summed E-state index contributed by atoms with van der Waals surface area (Å²) in [5.74, 6) is -2.19. The highest BCUT2D eigenvalue weighted by atomic mass is 16.2. The maximum atomic E-state index is 12.5. The molecule has 0 saturated heterocycles. The molecule has 164 valence electrons. The maximum Gasteiger partial charge on any atom is 0.243 e. The highest BCUT2D eigenvalue weighted by Crippen LogP contribution is 2.03. The van der Waals surface area contributed by atoms with Crippen LogP contribution in [0.3, 0.4) is 0 Å². The molecule has 1 rings (SSSR count). The SMILES string of the molecule is CCC(=O)NCC(=O)NC(Cc1ccccc1)C(=O)NCC(=O)NCCCC(N)=O. The summed E-state index contributed by atoms with van der Waals surface area (Å²) in [5, 5.41) is 10.1. The number of hydrogen-bond acceptors (Lipinski definition) is 5. The van der Waals surface area contributed by atoms with E-state index in [9.17, 15) is 24.0 Å². The van der Waals surface area contributed by atoms with Crippen LogP contribution >= 0.6 is 0 Å². The van der Waals surface area contributed by atoms with Gasteiger partial charge in [0.25, 0.3) is 0 Å². The molecule has 1 atom stereocenters. The second-order valence-electron chi connectivity index (χ2n) is 6.58. The first-order valence-corrected chi connectivity index (χ1v) is 9.74. The van der Waals surface area contributed by atoms with Gasteiger partial charge in [-0.05, 0) is 12.0 Å². The van der Waals surface area contributed by atoms with Crippen LogP contribution in [0, 0.1) is 0 Å². The summed E-state index contributed by atoms with van der Waals surface area (Å²) in [6, 6.07) is 8.18. The van der Waals surface area contributed by atoms with Crippen LogP contribution < -0.4 is 27.0 Å². The molecule has 0 fully saturated rings. The van der Waals surface area contributed by atoms with Gasteiger partial charge >= 0.3 is 0 Å². The number of carbonyl (C=O) groups excluding carboxylic acids is 5. The number of hydrogen-bond donors (Lipinski definition) is 5. The highest BCUT2D eigenvalue weighted by molar-refractivity contribution is 5.92. The summed E-state index contributed by atoms with van der Waals surface area (Å²) in [5.41, 5.74) is 5.85. The molecule has 10 heteroatoms. The smallest absolute Gasteiger partial charge is 0.243 e. The van der Waals surface area contributed by atoms with Gasteiger partial charge in [-0.1, -0.05) is 37.3 Å². The third-order valence-corrected chi connectivity index (χ3v) is 4.05. The van der Waals surface area contributed by atoms with Crippen molar-refractivity contribution in [1.29, 1.82) is 0 Å². The van der Waals surface area contributed by atoms with Crippen LogP contribution in [0.4, 0.5) is 0 Å². The van der Waals surface area contributed by atoms with Crippen molar-refractivity contribution in [3.63, 3.8) is 0 Å². The second-order valence-corrected chi connectivity index (χ2v) is 6.58. The van der Waals surface area contributed by atoms with E-state index in [0.717, 1.165) is 5.56 Å². The van der Waals surface area contributed by atoms with E-state index in [1.165, 1.54) is 0 Å². The van der Waals surface area contributed by atoms with Crippen LogP contribution in [0.15, 0.2) is 30.3 Å². The second kappa shape index (κ2) is 13.7. The first kappa shape index (κ1) is 24.6. The van der Waals surface area contributed by atoms with Crippen LogP contribution in [-0.4, -0.2) is 55.2 Å². The molecule has 30 heavy (non-hydrogen) atoms. The number of primary amides is 1.